The fourth-order valence-corrected chi connectivity index (χ4v) is 3.37. The molecule has 120 valence electrons. The van der Waals surface area contributed by atoms with E-state index in [4.69, 9.17) is 16.7 Å². The third-order valence-electron chi connectivity index (χ3n) is 3.99. The molecule has 2 N–H and O–H groups in total. The van der Waals surface area contributed by atoms with Crippen LogP contribution < -0.4 is 5.14 Å². The Balaban J connectivity index is 2.50. The first kappa shape index (κ1) is 17.3. The molecular weight excluding hydrogens is 323 g/mol. The summed E-state index contributed by atoms with van der Waals surface area (Å²) in [7, 11) is -1.45. The highest BCUT2D eigenvalue weighted by Crippen LogP contribution is 2.34. The molecule has 0 radical (unpaired) electrons. The zero-order valence-corrected chi connectivity index (χ0v) is 14.7. The van der Waals surface area contributed by atoms with E-state index in [9.17, 15) is 8.60 Å². The predicted octanol–water partition coefficient (Wildman–Crippen LogP) is 4.23. The third-order valence-corrected chi connectivity index (χ3v) is 5.55. The van der Waals surface area contributed by atoms with Crippen molar-refractivity contribution < 1.29 is 8.60 Å². The molecule has 0 saturated carbocycles. The first-order chi connectivity index (χ1) is 10.1. The van der Waals surface area contributed by atoms with E-state index >= 15 is 0 Å². The van der Waals surface area contributed by atoms with Crippen LogP contribution in [0.5, 0.6) is 0 Å². The summed E-state index contributed by atoms with van der Waals surface area (Å²) in [5, 5.41) is 6.34. The average Bonchev–Trinajstić information content (AvgIpc) is 2.42. The predicted molar refractivity (Wildman–Crippen MR) is 90.9 cm³/mol. The van der Waals surface area contributed by atoms with Gasteiger partial charge in [-0.25, -0.2) is 13.6 Å². The van der Waals surface area contributed by atoms with Crippen molar-refractivity contribution in [3.8, 4) is 0 Å². The van der Waals surface area contributed by atoms with Gasteiger partial charge in [-0.3, -0.25) is 5.14 Å². The lowest BCUT2D eigenvalue weighted by atomic mass is 9.91. The van der Waals surface area contributed by atoms with Gasteiger partial charge >= 0.3 is 0 Å². The molecule has 0 amide bonds. The SMILES string of the molecule is Cc1ccc(F)c2cc([C@@H](C)CC(C)(C)S(N)=O)c(Cl)nc12. The minimum Gasteiger partial charge on any atom is -0.251 e. The van der Waals surface area contributed by atoms with Crippen LogP contribution in [0.3, 0.4) is 0 Å². The summed E-state index contributed by atoms with van der Waals surface area (Å²) in [4.78, 5) is 4.35. The van der Waals surface area contributed by atoms with E-state index in [1.807, 2.05) is 27.7 Å². The monoisotopic (exact) mass is 342 g/mol. The van der Waals surface area contributed by atoms with Crippen molar-refractivity contribution in [3.63, 3.8) is 0 Å². The van der Waals surface area contributed by atoms with Gasteiger partial charge in [-0.2, -0.15) is 0 Å². The molecule has 2 atom stereocenters. The number of hydrogen-bond acceptors (Lipinski definition) is 2. The fraction of sp³-hybridized carbons (Fsp3) is 0.438. The molecule has 0 aliphatic heterocycles. The molecule has 0 fully saturated rings. The highest BCUT2D eigenvalue weighted by molar-refractivity contribution is 7.84. The van der Waals surface area contributed by atoms with E-state index in [1.54, 1.807) is 12.1 Å². The lowest BCUT2D eigenvalue weighted by Crippen LogP contribution is -2.33. The van der Waals surface area contributed by atoms with E-state index in [0.717, 1.165) is 11.1 Å². The quantitative estimate of drug-likeness (QED) is 0.845. The maximum absolute atomic E-state index is 14.1. The first-order valence-corrected chi connectivity index (χ1v) is 8.64. The standard InChI is InChI=1S/C16H20ClFN2OS/c1-9-5-6-13(18)12-7-11(15(17)20-14(9)12)10(2)8-16(3,4)22(19)21/h5-7,10H,8,19H2,1-4H3/t10-,22?/m0/s1. The van der Waals surface area contributed by atoms with Crippen LogP contribution >= 0.6 is 11.6 Å². The Morgan fingerprint density at radius 2 is 2.09 bits per heavy atom. The van der Waals surface area contributed by atoms with Gasteiger partial charge in [0.25, 0.3) is 0 Å². The molecule has 6 heteroatoms. The van der Waals surface area contributed by atoms with Crippen LogP contribution in [-0.2, 0) is 11.0 Å². The molecule has 1 aromatic heterocycles. The van der Waals surface area contributed by atoms with Gasteiger partial charge in [0.15, 0.2) is 0 Å². The Morgan fingerprint density at radius 3 is 2.68 bits per heavy atom. The summed E-state index contributed by atoms with van der Waals surface area (Å²) in [5.41, 5.74) is 2.20. The summed E-state index contributed by atoms with van der Waals surface area (Å²) in [6, 6.07) is 4.86. The van der Waals surface area contributed by atoms with Gasteiger partial charge in [0.05, 0.1) is 21.2 Å². The number of benzene rings is 1. The van der Waals surface area contributed by atoms with Crippen molar-refractivity contribution in [1.29, 1.82) is 0 Å². The van der Waals surface area contributed by atoms with Gasteiger partial charge in [-0.15, -0.1) is 0 Å². The summed E-state index contributed by atoms with van der Waals surface area (Å²) >= 11 is 6.29. The number of fused-ring (bicyclic) bond motifs is 1. The molecule has 2 rings (SSSR count). The lowest BCUT2D eigenvalue weighted by molar-refractivity contribution is 0.540. The Morgan fingerprint density at radius 1 is 1.45 bits per heavy atom. The number of pyridine rings is 1. The maximum atomic E-state index is 14.1. The zero-order chi connectivity index (χ0) is 16.7. The molecular formula is C16H20ClFN2OS. The summed E-state index contributed by atoms with van der Waals surface area (Å²) in [6.07, 6.45) is 0.566. The molecule has 3 nitrogen and oxygen atoms in total. The molecule has 22 heavy (non-hydrogen) atoms. The first-order valence-electron chi connectivity index (χ1n) is 7.05. The number of halogens is 2. The Kier molecular flexibility index (Phi) is 4.90. The number of hydrogen-bond donors (Lipinski definition) is 1. The molecule has 1 unspecified atom stereocenters. The average molecular weight is 343 g/mol. The van der Waals surface area contributed by atoms with E-state index in [2.05, 4.69) is 4.98 Å². The van der Waals surface area contributed by atoms with Gasteiger partial charge in [-0.1, -0.05) is 24.6 Å². The minimum absolute atomic E-state index is 0.0354. The lowest BCUT2D eigenvalue weighted by Gasteiger charge is -2.25. The van der Waals surface area contributed by atoms with Gasteiger partial charge in [-0.05, 0) is 56.4 Å². The van der Waals surface area contributed by atoms with Crippen LogP contribution in [0, 0.1) is 12.7 Å². The number of rotatable bonds is 4. The summed E-state index contributed by atoms with van der Waals surface area (Å²) < 4.78 is 25.1. The van der Waals surface area contributed by atoms with Crippen molar-refractivity contribution in [1.82, 2.24) is 4.98 Å². The third kappa shape index (κ3) is 3.31. The summed E-state index contributed by atoms with van der Waals surface area (Å²) in [6.45, 7) is 7.51. The summed E-state index contributed by atoms with van der Waals surface area (Å²) in [5.74, 6) is -0.355. The maximum Gasteiger partial charge on any atom is 0.133 e. The van der Waals surface area contributed by atoms with Crippen LogP contribution in [-0.4, -0.2) is 13.9 Å². The number of nitrogens with zero attached hydrogens (tertiary/aromatic N) is 1. The molecule has 0 bridgehead atoms. The smallest absolute Gasteiger partial charge is 0.133 e. The second-order valence-electron chi connectivity index (χ2n) is 6.29. The largest absolute Gasteiger partial charge is 0.251 e. The van der Waals surface area contributed by atoms with Crippen molar-refractivity contribution in [3.05, 3.63) is 40.3 Å². The molecule has 0 spiro atoms. The van der Waals surface area contributed by atoms with Crippen molar-refractivity contribution in [2.75, 3.05) is 0 Å². The van der Waals surface area contributed by atoms with Crippen LogP contribution in [0.15, 0.2) is 18.2 Å². The van der Waals surface area contributed by atoms with Crippen molar-refractivity contribution >= 4 is 33.5 Å². The number of aromatic nitrogens is 1. The Hall–Kier alpha value is -1.04. The van der Waals surface area contributed by atoms with Gasteiger partial charge in [0, 0.05) is 5.39 Å². The second kappa shape index (κ2) is 6.22. The van der Waals surface area contributed by atoms with Crippen LogP contribution in [0.25, 0.3) is 10.9 Å². The highest BCUT2D eigenvalue weighted by Gasteiger charge is 2.28. The molecule has 1 heterocycles. The van der Waals surface area contributed by atoms with Gasteiger partial charge in [0.1, 0.15) is 11.0 Å². The Bertz CT molecular complexity index is 748. The van der Waals surface area contributed by atoms with Gasteiger partial charge in [0.2, 0.25) is 0 Å². The molecule has 1 aromatic carbocycles. The van der Waals surface area contributed by atoms with Gasteiger partial charge < -0.3 is 0 Å². The minimum atomic E-state index is -1.45. The Labute approximate surface area is 137 Å². The fourth-order valence-electron chi connectivity index (χ4n) is 2.63. The van der Waals surface area contributed by atoms with E-state index in [-0.39, 0.29) is 11.7 Å². The zero-order valence-electron chi connectivity index (χ0n) is 13.1. The molecule has 0 saturated heterocycles. The number of aryl methyl sites for hydroxylation is 1. The topological polar surface area (TPSA) is 56.0 Å². The number of nitrogens with two attached hydrogens (primary N) is 1. The van der Waals surface area contributed by atoms with E-state index in [1.165, 1.54) is 6.07 Å². The van der Waals surface area contributed by atoms with Crippen LogP contribution in [0.2, 0.25) is 5.15 Å². The molecule has 0 aliphatic carbocycles. The van der Waals surface area contributed by atoms with E-state index < -0.39 is 15.7 Å². The highest BCUT2D eigenvalue weighted by atomic mass is 35.5. The molecule has 2 aromatic rings. The van der Waals surface area contributed by atoms with Crippen LogP contribution in [0.1, 0.15) is 44.2 Å². The van der Waals surface area contributed by atoms with Crippen molar-refractivity contribution in [2.24, 2.45) is 5.14 Å². The molecule has 0 aliphatic rings. The van der Waals surface area contributed by atoms with Crippen LogP contribution in [0.4, 0.5) is 4.39 Å². The van der Waals surface area contributed by atoms with Crippen molar-refractivity contribution in [2.45, 2.75) is 44.8 Å². The second-order valence-corrected chi connectivity index (χ2v) is 8.35. The normalized spacial score (nSPS) is 15.0. The van der Waals surface area contributed by atoms with E-state index in [0.29, 0.717) is 22.5 Å².